The molecule has 2 saturated heterocycles. The van der Waals surface area contributed by atoms with E-state index in [2.05, 4.69) is 34.1 Å². The van der Waals surface area contributed by atoms with Crippen LogP contribution in [0.1, 0.15) is 49.7 Å². The molecule has 1 amide bonds. The van der Waals surface area contributed by atoms with Gasteiger partial charge in [-0.15, -0.1) is 24.8 Å². The number of rotatable bonds is 5. The molecule has 1 saturated carbocycles. The van der Waals surface area contributed by atoms with Crippen molar-refractivity contribution in [2.75, 3.05) is 26.2 Å². The smallest absolute Gasteiger partial charge is 0.222 e. The van der Waals surface area contributed by atoms with Crippen molar-refractivity contribution in [1.29, 1.82) is 0 Å². The van der Waals surface area contributed by atoms with E-state index >= 15 is 0 Å². The van der Waals surface area contributed by atoms with Gasteiger partial charge in [0.1, 0.15) is 0 Å². The van der Waals surface area contributed by atoms with Crippen molar-refractivity contribution in [2.45, 2.75) is 57.5 Å². The lowest BCUT2D eigenvalue weighted by molar-refractivity contribution is -0.139. The van der Waals surface area contributed by atoms with Crippen LogP contribution in [0.2, 0.25) is 0 Å². The van der Waals surface area contributed by atoms with E-state index in [1.807, 2.05) is 0 Å². The molecule has 6 heteroatoms. The molecule has 1 aliphatic carbocycles. The third-order valence-electron chi connectivity index (χ3n) is 6.43. The summed E-state index contributed by atoms with van der Waals surface area (Å²) in [5.74, 6) is 0.410. The number of benzene rings is 1. The molecule has 3 fully saturated rings. The van der Waals surface area contributed by atoms with Gasteiger partial charge in [0.05, 0.1) is 0 Å². The summed E-state index contributed by atoms with van der Waals surface area (Å²) in [6, 6.07) is 9.45. The van der Waals surface area contributed by atoms with Crippen LogP contribution >= 0.6 is 24.8 Å². The number of hydrogen-bond donors (Lipinski definition) is 1. The molecule has 27 heavy (non-hydrogen) atoms. The van der Waals surface area contributed by atoms with E-state index in [1.165, 1.54) is 36.8 Å². The third kappa shape index (κ3) is 5.38. The molecular formula is C21H33Cl2N3O. The van der Waals surface area contributed by atoms with Gasteiger partial charge in [0.15, 0.2) is 0 Å². The van der Waals surface area contributed by atoms with E-state index in [4.69, 9.17) is 5.73 Å². The van der Waals surface area contributed by atoms with Gasteiger partial charge in [-0.25, -0.2) is 0 Å². The Labute approximate surface area is 175 Å². The molecule has 1 spiro atoms. The second kappa shape index (κ2) is 9.60. The van der Waals surface area contributed by atoms with Crippen molar-refractivity contribution in [3.8, 4) is 0 Å². The molecule has 3 aliphatic rings. The topological polar surface area (TPSA) is 49.6 Å². The SMILES string of the molecule is Cl.Cl.NCCc1cccc(CN2CCC3(CCC(=O)N(C4CC4)C3)CC2)c1. The predicted octanol–water partition coefficient (Wildman–Crippen LogP) is 3.40. The number of hydrogen-bond acceptors (Lipinski definition) is 3. The maximum Gasteiger partial charge on any atom is 0.222 e. The molecule has 4 rings (SSSR count). The number of halogens is 2. The highest BCUT2D eigenvalue weighted by Gasteiger charge is 2.44. The second-order valence-corrected chi connectivity index (χ2v) is 8.39. The summed E-state index contributed by atoms with van der Waals surface area (Å²) in [6.45, 7) is 5.10. The van der Waals surface area contributed by atoms with E-state index in [-0.39, 0.29) is 24.8 Å². The molecular weight excluding hydrogens is 381 g/mol. The van der Waals surface area contributed by atoms with E-state index in [0.717, 1.165) is 45.4 Å². The summed E-state index contributed by atoms with van der Waals surface area (Å²) >= 11 is 0. The van der Waals surface area contributed by atoms with Crippen LogP contribution in [0.5, 0.6) is 0 Å². The monoisotopic (exact) mass is 413 g/mol. The highest BCUT2D eigenvalue weighted by atomic mass is 35.5. The normalized spacial score (nSPS) is 22.3. The molecule has 2 aliphatic heterocycles. The lowest BCUT2D eigenvalue weighted by Crippen LogP contribution is -2.52. The van der Waals surface area contributed by atoms with Crippen molar-refractivity contribution in [3.63, 3.8) is 0 Å². The molecule has 1 aromatic rings. The van der Waals surface area contributed by atoms with Crippen LogP contribution in [0, 0.1) is 5.41 Å². The van der Waals surface area contributed by atoms with Gasteiger partial charge in [0.25, 0.3) is 0 Å². The first-order valence-corrected chi connectivity index (χ1v) is 9.97. The summed E-state index contributed by atoms with van der Waals surface area (Å²) in [4.78, 5) is 17.0. The number of carbonyl (C=O) groups excluding carboxylic acids is 1. The molecule has 0 aromatic heterocycles. The van der Waals surface area contributed by atoms with Crippen molar-refractivity contribution in [1.82, 2.24) is 9.80 Å². The van der Waals surface area contributed by atoms with Crippen molar-refractivity contribution < 1.29 is 4.79 Å². The molecule has 152 valence electrons. The summed E-state index contributed by atoms with van der Waals surface area (Å²) in [6.07, 6.45) is 7.78. The minimum atomic E-state index is 0. The Bertz CT molecular complexity index is 628. The quantitative estimate of drug-likeness (QED) is 0.804. The average Bonchev–Trinajstić information content (AvgIpc) is 3.45. The maximum atomic E-state index is 12.2. The van der Waals surface area contributed by atoms with Gasteiger partial charge in [-0.1, -0.05) is 24.3 Å². The van der Waals surface area contributed by atoms with Gasteiger partial charge in [-0.05, 0) is 74.7 Å². The molecule has 0 bridgehead atoms. The van der Waals surface area contributed by atoms with E-state index in [1.54, 1.807) is 0 Å². The van der Waals surface area contributed by atoms with Gasteiger partial charge in [0.2, 0.25) is 5.91 Å². The first kappa shape index (κ1) is 22.5. The van der Waals surface area contributed by atoms with Gasteiger partial charge in [-0.2, -0.15) is 0 Å². The van der Waals surface area contributed by atoms with Gasteiger partial charge >= 0.3 is 0 Å². The Kier molecular flexibility index (Phi) is 7.99. The molecule has 0 atom stereocenters. The Balaban J connectivity index is 0.00000131. The van der Waals surface area contributed by atoms with Crippen molar-refractivity contribution in [2.24, 2.45) is 11.1 Å². The third-order valence-corrected chi connectivity index (χ3v) is 6.43. The fourth-order valence-corrected chi connectivity index (χ4v) is 4.67. The molecule has 2 N–H and O–H groups in total. The van der Waals surface area contributed by atoms with Crippen LogP contribution in [0.3, 0.4) is 0 Å². The number of piperidine rings is 2. The minimum absolute atomic E-state index is 0. The van der Waals surface area contributed by atoms with Crippen LogP contribution in [-0.2, 0) is 17.8 Å². The summed E-state index contributed by atoms with van der Waals surface area (Å²) in [5.41, 5.74) is 8.83. The molecule has 0 radical (unpaired) electrons. The highest BCUT2D eigenvalue weighted by Crippen LogP contribution is 2.43. The summed E-state index contributed by atoms with van der Waals surface area (Å²) in [5, 5.41) is 0. The van der Waals surface area contributed by atoms with Gasteiger partial charge < -0.3 is 10.6 Å². The Morgan fingerprint density at radius 3 is 2.44 bits per heavy atom. The first-order chi connectivity index (χ1) is 12.2. The fraction of sp³-hybridized carbons (Fsp3) is 0.667. The number of likely N-dealkylation sites (tertiary alicyclic amines) is 2. The zero-order valence-corrected chi connectivity index (χ0v) is 17.7. The van der Waals surface area contributed by atoms with Crippen LogP contribution in [0.15, 0.2) is 24.3 Å². The first-order valence-electron chi connectivity index (χ1n) is 9.97. The molecule has 2 heterocycles. The zero-order chi connectivity index (χ0) is 17.3. The van der Waals surface area contributed by atoms with Crippen LogP contribution in [0.4, 0.5) is 0 Å². The fourth-order valence-electron chi connectivity index (χ4n) is 4.67. The maximum absolute atomic E-state index is 12.2. The van der Waals surface area contributed by atoms with Crippen molar-refractivity contribution in [3.05, 3.63) is 35.4 Å². The van der Waals surface area contributed by atoms with E-state index in [0.29, 0.717) is 23.9 Å². The second-order valence-electron chi connectivity index (χ2n) is 8.39. The predicted molar refractivity (Wildman–Crippen MR) is 115 cm³/mol. The van der Waals surface area contributed by atoms with Gasteiger partial charge in [0, 0.05) is 25.6 Å². The lowest BCUT2D eigenvalue weighted by atomic mass is 9.72. The summed E-state index contributed by atoms with van der Waals surface area (Å²) < 4.78 is 0. The number of carbonyl (C=O) groups is 1. The lowest BCUT2D eigenvalue weighted by Gasteiger charge is -2.47. The van der Waals surface area contributed by atoms with Crippen LogP contribution in [-0.4, -0.2) is 47.9 Å². The largest absolute Gasteiger partial charge is 0.339 e. The van der Waals surface area contributed by atoms with Crippen molar-refractivity contribution >= 4 is 30.7 Å². The number of nitrogens with two attached hydrogens (primary N) is 1. The number of amides is 1. The molecule has 4 nitrogen and oxygen atoms in total. The van der Waals surface area contributed by atoms with Crippen LogP contribution < -0.4 is 5.73 Å². The average molecular weight is 414 g/mol. The summed E-state index contributed by atoms with van der Waals surface area (Å²) in [7, 11) is 0. The Morgan fingerprint density at radius 2 is 1.78 bits per heavy atom. The Morgan fingerprint density at radius 1 is 1.07 bits per heavy atom. The number of nitrogens with zero attached hydrogens (tertiary/aromatic N) is 2. The molecule has 0 unspecified atom stereocenters. The van der Waals surface area contributed by atoms with E-state index < -0.39 is 0 Å². The van der Waals surface area contributed by atoms with E-state index in [9.17, 15) is 4.79 Å². The van der Waals surface area contributed by atoms with Gasteiger partial charge in [-0.3, -0.25) is 9.69 Å². The molecule has 1 aromatic carbocycles. The zero-order valence-electron chi connectivity index (χ0n) is 16.1. The minimum Gasteiger partial charge on any atom is -0.339 e. The Hall–Kier alpha value is -0.810. The van der Waals surface area contributed by atoms with Crippen LogP contribution in [0.25, 0.3) is 0 Å². The standard InChI is InChI=1S/C21H31N3O.2ClH/c22-11-7-17-2-1-3-18(14-17)15-23-12-9-21(10-13-23)8-6-20(25)24(16-21)19-4-5-19;;/h1-3,14,19H,4-13,15-16,22H2;2*1H. The highest BCUT2D eigenvalue weighted by molar-refractivity contribution is 5.85.